The molecule has 3 aromatic carbocycles. The average molecular weight is 474 g/mol. The molecule has 178 valence electrons. The zero-order valence-electron chi connectivity index (χ0n) is 18.4. The number of aromatic nitrogens is 2. The van der Waals surface area contributed by atoms with Gasteiger partial charge in [0.1, 0.15) is 23.9 Å². The van der Waals surface area contributed by atoms with E-state index in [0.717, 1.165) is 5.56 Å². The zero-order valence-corrected chi connectivity index (χ0v) is 18.4. The Bertz CT molecular complexity index is 1300. The molecule has 0 aliphatic rings. The van der Waals surface area contributed by atoms with E-state index < -0.39 is 24.2 Å². The second-order valence-corrected chi connectivity index (χ2v) is 7.78. The van der Waals surface area contributed by atoms with Gasteiger partial charge in [0.25, 0.3) is 0 Å². The lowest BCUT2D eigenvalue weighted by Gasteiger charge is -2.31. The third-order valence-corrected chi connectivity index (χ3v) is 5.67. The summed E-state index contributed by atoms with van der Waals surface area (Å²) in [6, 6.07) is 14.1. The van der Waals surface area contributed by atoms with Crippen LogP contribution >= 0.6 is 0 Å². The third kappa shape index (κ3) is 4.31. The highest BCUT2D eigenvalue weighted by Crippen LogP contribution is 2.41. The van der Waals surface area contributed by atoms with Crippen molar-refractivity contribution in [3.63, 3.8) is 0 Å². The fourth-order valence-electron chi connectivity index (χ4n) is 3.70. The van der Waals surface area contributed by atoms with E-state index >= 15 is 0 Å². The van der Waals surface area contributed by atoms with Gasteiger partial charge in [0.15, 0.2) is 0 Å². The second kappa shape index (κ2) is 8.98. The summed E-state index contributed by atoms with van der Waals surface area (Å²) in [6.07, 6.45) is -2.95. The molecule has 9 heteroatoms. The van der Waals surface area contributed by atoms with Gasteiger partial charge in [-0.15, -0.1) is 0 Å². The fourth-order valence-corrected chi connectivity index (χ4v) is 3.70. The summed E-state index contributed by atoms with van der Waals surface area (Å²) in [5.74, 6) is 0.215. The van der Waals surface area contributed by atoms with Crippen LogP contribution in [0.25, 0.3) is 16.6 Å². The number of benzene rings is 3. The standard InChI is InChI=1S/C25H22F4N2O3/c1-3-16-4-10-21(13-23(16)33-2)34-15-24(32,25(27,28)29)18-5-11-22-17(12-18)14-30-31(22)20-8-6-19(26)7-9-20/h4-14,32H,3,15H2,1-2H3. The lowest BCUT2D eigenvalue weighted by molar-refractivity contribution is -0.275. The minimum atomic E-state index is -5.01. The van der Waals surface area contributed by atoms with Crippen LogP contribution in [0.2, 0.25) is 0 Å². The minimum absolute atomic E-state index is 0.141. The van der Waals surface area contributed by atoms with Crippen molar-refractivity contribution in [1.82, 2.24) is 9.78 Å². The zero-order chi connectivity index (χ0) is 24.5. The Kier molecular flexibility index (Phi) is 6.22. The summed E-state index contributed by atoms with van der Waals surface area (Å²) in [7, 11) is 1.46. The number of hydrogen-bond acceptors (Lipinski definition) is 4. The highest BCUT2D eigenvalue weighted by atomic mass is 19.4. The summed E-state index contributed by atoms with van der Waals surface area (Å²) >= 11 is 0. The van der Waals surface area contributed by atoms with E-state index in [2.05, 4.69) is 5.10 Å². The first kappa shape index (κ1) is 23.6. The summed E-state index contributed by atoms with van der Waals surface area (Å²) in [6.45, 7) is 0.873. The van der Waals surface area contributed by atoms with Gasteiger partial charge in [-0.2, -0.15) is 18.3 Å². The number of alkyl halides is 3. The Morgan fingerprint density at radius 3 is 2.38 bits per heavy atom. The summed E-state index contributed by atoms with van der Waals surface area (Å²) < 4.78 is 67.5. The quantitative estimate of drug-likeness (QED) is 0.356. The molecule has 0 fully saturated rings. The van der Waals surface area contributed by atoms with Crippen LogP contribution in [0.15, 0.2) is 66.9 Å². The molecule has 4 aromatic rings. The number of nitrogens with zero attached hydrogens (tertiary/aromatic N) is 2. The number of fused-ring (bicyclic) bond motifs is 1. The lowest BCUT2D eigenvalue weighted by atomic mass is 9.93. The number of halogens is 4. The number of ether oxygens (including phenoxy) is 2. The van der Waals surface area contributed by atoms with Gasteiger partial charge in [0.05, 0.1) is 24.5 Å². The molecule has 0 spiro atoms. The molecule has 0 aliphatic carbocycles. The SMILES string of the molecule is CCc1ccc(OCC(O)(c2ccc3c(cnn3-c3ccc(F)cc3)c2)C(F)(F)F)cc1OC. The molecule has 0 saturated heterocycles. The summed E-state index contributed by atoms with van der Waals surface area (Å²) in [5, 5.41) is 15.3. The van der Waals surface area contributed by atoms with Crippen LogP contribution in [0.1, 0.15) is 18.1 Å². The molecule has 0 amide bonds. The van der Waals surface area contributed by atoms with Crippen LogP contribution in [-0.2, 0) is 12.0 Å². The molecular formula is C25H22F4N2O3. The first-order valence-corrected chi connectivity index (χ1v) is 10.5. The van der Waals surface area contributed by atoms with Crippen molar-refractivity contribution in [3.05, 3.63) is 83.8 Å². The van der Waals surface area contributed by atoms with E-state index in [1.54, 1.807) is 6.07 Å². The van der Waals surface area contributed by atoms with E-state index in [9.17, 15) is 22.7 Å². The molecule has 0 saturated carbocycles. The van der Waals surface area contributed by atoms with E-state index in [1.165, 1.54) is 72.6 Å². The van der Waals surface area contributed by atoms with Crippen molar-refractivity contribution in [3.8, 4) is 17.2 Å². The van der Waals surface area contributed by atoms with E-state index in [-0.39, 0.29) is 11.3 Å². The van der Waals surface area contributed by atoms with Crippen molar-refractivity contribution in [1.29, 1.82) is 0 Å². The summed E-state index contributed by atoms with van der Waals surface area (Å²) in [4.78, 5) is 0. The van der Waals surface area contributed by atoms with Gasteiger partial charge in [0, 0.05) is 11.5 Å². The van der Waals surface area contributed by atoms with Gasteiger partial charge in [-0.25, -0.2) is 9.07 Å². The van der Waals surface area contributed by atoms with Crippen molar-refractivity contribution >= 4 is 10.9 Å². The molecular weight excluding hydrogens is 452 g/mol. The number of aryl methyl sites for hydroxylation is 1. The van der Waals surface area contributed by atoms with Crippen molar-refractivity contribution < 1.29 is 32.1 Å². The topological polar surface area (TPSA) is 56.5 Å². The Balaban J connectivity index is 1.67. The van der Waals surface area contributed by atoms with Crippen LogP contribution < -0.4 is 9.47 Å². The maximum atomic E-state index is 14.1. The normalized spacial score (nSPS) is 13.6. The van der Waals surface area contributed by atoms with Crippen LogP contribution in [0.4, 0.5) is 17.6 Å². The predicted octanol–water partition coefficient (Wildman–Crippen LogP) is 5.56. The number of hydrogen-bond donors (Lipinski definition) is 1. The van der Waals surface area contributed by atoms with Crippen molar-refractivity contribution in [2.75, 3.05) is 13.7 Å². The highest BCUT2D eigenvalue weighted by molar-refractivity contribution is 5.81. The van der Waals surface area contributed by atoms with Crippen LogP contribution in [0.3, 0.4) is 0 Å². The van der Waals surface area contributed by atoms with Crippen LogP contribution in [0, 0.1) is 5.82 Å². The molecule has 1 atom stereocenters. The molecule has 0 bridgehead atoms. The Morgan fingerprint density at radius 2 is 1.74 bits per heavy atom. The van der Waals surface area contributed by atoms with Gasteiger partial charge in [-0.1, -0.05) is 19.1 Å². The molecule has 0 radical (unpaired) electrons. The number of rotatable bonds is 7. The van der Waals surface area contributed by atoms with Crippen molar-refractivity contribution in [2.24, 2.45) is 0 Å². The molecule has 34 heavy (non-hydrogen) atoms. The maximum Gasteiger partial charge on any atom is 0.424 e. The minimum Gasteiger partial charge on any atom is -0.496 e. The monoisotopic (exact) mass is 474 g/mol. The molecule has 1 heterocycles. The van der Waals surface area contributed by atoms with Gasteiger partial charge >= 0.3 is 6.18 Å². The Morgan fingerprint density at radius 1 is 1.00 bits per heavy atom. The molecule has 1 aromatic heterocycles. The Labute approximate surface area is 193 Å². The Hall–Kier alpha value is -3.59. The summed E-state index contributed by atoms with van der Waals surface area (Å²) in [5.41, 5.74) is -1.73. The van der Waals surface area contributed by atoms with E-state index in [4.69, 9.17) is 9.47 Å². The lowest BCUT2D eigenvalue weighted by Crippen LogP contribution is -2.47. The highest BCUT2D eigenvalue weighted by Gasteiger charge is 2.56. The molecule has 1 N–H and O–H groups in total. The number of methoxy groups -OCH3 is 1. The molecule has 4 rings (SSSR count). The molecule has 5 nitrogen and oxygen atoms in total. The molecule has 0 aliphatic heterocycles. The van der Waals surface area contributed by atoms with E-state index in [0.29, 0.717) is 28.8 Å². The largest absolute Gasteiger partial charge is 0.496 e. The predicted molar refractivity (Wildman–Crippen MR) is 119 cm³/mol. The van der Waals surface area contributed by atoms with Crippen LogP contribution in [0.5, 0.6) is 11.5 Å². The molecule has 1 unspecified atom stereocenters. The number of aliphatic hydroxyl groups is 1. The first-order chi connectivity index (χ1) is 16.2. The van der Waals surface area contributed by atoms with Gasteiger partial charge in [0.2, 0.25) is 5.60 Å². The van der Waals surface area contributed by atoms with Gasteiger partial charge < -0.3 is 14.6 Å². The average Bonchev–Trinajstić information content (AvgIpc) is 3.25. The van der Waals surface area contributed by atoms with Crippen LogP contribution in [-0.4, -0.2) is 34.8 Å². The van der Waals surface area contributed by atoms with Crippen molar-refractivity contribution in [2.45, 2.75) is 25.1 Å². The smallest absolute Gasteiger partial charge is 0.424 e. The van der Waals surface area contributed by atoms with E-state index in [1.807, 2.05) is 6.92 Å². The third-order valence-electron chi connectivity index (χ3n) is 5.67. The van der Waals surface area contributed by atoms with Gasteiger partial charge in [-0.05, 0) is 60.0 Å². The maximum absolute atomic E-state index is 14.1. The fraction of sp³-hybridized carbons (Fsp3) is 0.240. The first-order valence-electron chi connectivity index (χ1n) is 10.5. The second-order valence-electron chi connectivity index (χ2n) is 7.78. The van der Waals surface area contributed by atoms with Gasteiger partial charge in [-0.3, -0.25) is 0 Å².